The Morgan fingerprint density at radius 2 is 2.32 bits per heavy atom. The second kappa shape index (κ2) is 7.07. The summed E-state index contributed by atoms with van der Waals surface area (Å²) < 4.78 is 10.0. The van der Waals surface area contributed by atoms with Gasteiger partial charge >= 0.3 is 0 Å². The monoisotopic (exact) mass is 303 g/mol. The van der Waals surface area contributed by atoms with Crippen LogP contribution in [0.25, 0.3) is 0 Å². The van der Waals surface area contributed by atoms with Gasteiger partial charge in [-0.2, -0.15) is 5.10 Å². The van der Waals surface area contributed by atoms with Crippen molar-refractivity contribution in [2.24, 2.45) is 7.05 Å². The number of imidazole rings is 1. The van der Waals surface area contributed by atoms with Gasteiger partial charge in [0, 0.05) is 57.1 Å². The Labute approximate surface area is 131 Å². The molecule has 120 valence electrons. The van der Waals surface area contributed by atoms with E-state index in [-0.39, 0.29) is 6.10 Å². The van der Waals surface area contributed by atoms with Gasteiger partial charge in [-0.25, -0.2) is 4.98 Å². The topological polar surface area (TPSA) is 56.9 Å². The first-order valence-corrected chi connectivity index (χ1v) is 8.06. The smallest absolute Gasteiger partial charge is 0.139 e. The zero-order valence-electron chi connectivity index (χ0n) is 13.4. The first-order valence-electron chi connectivity index (χ1n) is 8.06. The molecule has 0 unspecified atom stereocenters. The molecule has 0 radical (unpaired) electrons. The summed E-state index contributed by atoms with van der Waals surface area (Å²) in [5.74, 6) is 1.01. The standard InChI is InChI=1S/C16H25N5O/c1-13(6-10-21-9-4-7-18-21)19-14-5-3-12-22-15(14)16-17-8-11-20(16)2/h4,7-9,11,13-15,19H,3,5-6,10,12H2,1-2H3/t13-,14+,15+/m1/s1. The number of aryl methyl sites for hydroxylation is 2. The third-order valence-electron chi connectivity index (χ3n) is 4.28. The largest absolute Gasteiger partial charge is 0.369 e. The molecule has 3 rings (SSSR count). The van der Waals surface area contributed by atoms with E-state index < -0.39 is 0 Å². The van der Waals surface area contributed by atoms with E-state index in [0.717, 1.165) is 38.2 Å². The molecule has 22 heavy (non-hydrogen) atoms. The van der Waals surface area contributed by atoms with Gasteiger partial charge < -0.3 is 14.6 Å². The van der Waals surface area contributed by atoms with E-state index in [4.69, 9.17) is 4.74 Å². The summed E-state index contributed by atoms with van der Waals surface area (Å²) in [5, 5.41) is 7.98. The highest BCUT2D eigenvalue weighted by Crippen LogP contribution is 2.27. The van der Waals surface area contributed by atoms with Crippen LogP contribution < -0.4 is 5.32 Å². The lowest BCUT2D eigenvalue weighted by atomic mass is 10.00. The van der Waals surface area contributed by atoms with Crippen molar-refractivity contribution in [3.05, 3.63) is 36.7 Å². The van der Waals surface area contributed by atoms with Crippen molar-refractivity contribution >= 4 is 0 Å². The highest BCUT2D eigenvalue weighted by atomic mass is 16.5. The minimum atomic E-state index is 0.0425. The van der Waals surface area contributed by atoms with E-state index in [1.54, 1.807) is 0 Å². The van der Waals surface area contributed by atoms with Crippen LogP contribution in [-0.2, 0) is 18.3 Å². The van der Waals surface area contributed by atoms with Crippen molar-refractivity contribution in [1.82, 2.24) is 24.6 Å². The molecule has 2 aromatic rings. The van der Waals surface area contributed by atoms with Crippen LogP contribution in [0.2, 0.25) is 0 Å². The maximum absolute atomic E-state index is 6.00. The quantitative estimate of drug-likeness (QED) is 0.885. The van der Waals surface area contributed by atoms with Gasteiger partial charge in [0.1, 0.15) is 11.9 Å². The highest BCUT2D eigenvalue weighted by Gasteiger charge is 2.30. The van der Waals surface area contributed by atoms with Gasteiger partial charge in [-0.15, -0.1) is 0 Å². The second-order valence-corrected chi connectivity index (χ2v) is 6.06. The fourth-order valence-electron chi connectivity index (χ4n) is 3.07. The van der Waals surface area contributed by atoms with Crippen molar-refractivity contribution in [1.29, 1.82) is 0 Å². The summed E-state index contributed by atoms with van der Waals surface area (Å²) in [7, 11) is 2.03. The number of nitrogens with one attached hydrogen (secondary N) is 1. The van der Waals surface area contributed by atoms with Crippen molar-refractivity contribution in [3.63, 3.8) is 0 Å². The average molecular weight is 303 g/mol. The molecule has 2 aromatic heterocycles. The molecule has 1 fully saturated rings. The Bertz CT molecular complexity index is 565. The number of ether oxygens (including phenoxy) is 1. The van der Waals surface area contributed by atoms with Gasteiger partial charge in [0.15, 0.2) is 0 Å². The number of aromatic nitrogens is 4. The zero-order chi connectivity index (χ0) is 15.4. The molecule has 0 spiro atoms. The molecule has 3 atom stereocenters. The van der Waals surface area contributed by atoms with E-state index in [1.807, 2.05) is 42.6 Å². The van der Waals surface area contributed by atoms with Crippen LogP contribution in [0.5, 0.6) is 0 Å². The van der Waals surface area contributed by atoms with Crippen LogP contribution in [0.3, 0.4) is 0 Å². The molecule has 1 N–H and O–H groups in total. The Morgan fingerprint density at radius 3 is 3.05 bits per heavy atom. The molecule has 0 aliphatic carbocycles. The first kappa shape index (κ1) is 15.2. The number of hydrogen-bond acceptors (Lipinski definition) is 4. The average Bonchev–Trinajstić information content (AvgIpc) is 3.17. The lowest BCUT2D eigenvalue weighted by Gasteiger charge is -2.34. The van der Waals surface area contributed by atoms with Crippen LogP contribution in [0.1, 0.15) is 38.1 Å². The second-order valence-electron chi connectivity index (χ2n) is 6.06. The molecule has 3 heterocycles. The summed E-state index contributed by atoms with van der Waals surface area (Å²) in [6.45, 7) is 3.98. The van der Waals surface area contributed by atoms with Crippen LogP contribution in [0.4, 0.5) is 0 Å². The Morgan fingerprint density at radius 1 is 1.41 bits per heavy atom. The van der Waals surface area contributed by atoms with Crippen LogP contribution >= 0.6 is 0 Å². The summed E-state index contributed by atoms with van der Waals surface area (Å²) in [6, 6.07) is 2.70. The SMILES string of the molecule is C[C@H](CCn1cccn1)N[C@H]1CCCO[C@@H]1c1nccn1C. The Balaban J connectivity index is 1.58. The fourth-order valence-corrected chi connectivity index (χ4v) is 3.07. The molecule has 1 aliphatic rings. The maximum atomic E-state index is 6.00. The third-order valence-corrected chi connectivity index (χ3v) is 4.28. The van der Waals surface area contributed by atoms with Gasteiger partial charge in [0.2, 0.25) is 0 Å². The zero-order valence-corrected chi connectivity index (χ0v) is 13.4. The van der Waals surface area contributed by atoms with Gasteiger partial charge in [0.25, 0.3) is 0 Å². The molecule has 0 bridgehead atoms. The molecule has 0 aromatic carbocycles. The van der Waals surface area contributed by atoms with Gasteiger partial charge in [-0.05, 0) is 32.3 Å². The van der Waals surface area contributed by atoms with Crippen molar-refractivity contribution < 1.29 is 4.74 Å². The van der Waals surface area contributed by atoms with Gasteiger partial charge in [-0.1, -0.05) is 0 Å². The molecule has 0 saturated carbocycles. The lowest BCUT2D eigenvalue weighted by Crippen LogP contribution is -2.44. The highest BCUT2D eigenvalue weighted by molar-refractivity contribution is 5.02. The van der Waals surface area contributed by atoms with Gasteiger partial charge in [0.05, 0.1) is 0 Å². The summed E-state index contributed by atoms with van der Waals surface area (Å²) >= 11 is 0. The van der Waals surface area contributed by atoms with Crippen LogP contribution in [0, 0.1) is 0 Å². The van der Waals surface area contributed by atoms with E-state index in [1.165, 1.54) is 0 Å². The van der Waals surface area contributed by atoms with E-state index >= 15 is 0 Å². The molecule has 1 saturated heterocycles. The minimum Gasteiger partial charge on any atom is -0.369 e. The van der Waals surface area contributed by atoms with E-state index in [2.05, 4.69) is 26.9 Å². The van der Waals surface area contributed by atoms with Gasteiger partial charge in [-0.3, -0.25) is 4.68 Å². The number of hydrogen-bond donors (Lipinski definition) is 1. The number of rotatable bonds is 6. The lowest BCUT2D eigenvalue weighted by molar-refractivity contribution is -0.0202. The summed E-state index contributed by atoms with van der Waals surface area (Å²) in [4.78, 5) is 4.47. The Hall–Kier alpha value is -1.66. The molecular weight excluding hydrogens is 278 g/mol. The third kappa shape index (κ3) is 3.56. The fraction of sp³-hybridized carbons (Fsp3) is 0.625. The van der Waals surface area contributed by atoms with Crippen molar-refractivity contribution in [2.75, 3.05) is 6.61 Å². The maximum Gasteiger partial charge on any atom is 0.139 e. The van der Waals surface area contributed by atoms with Crippen LogP contribution in [-0.4, -0.2) is 38.0 Å². The summed E-state index contributed by atoms with van der Waals surface area (Å²) in [6.07, 6.45) is 11.0. The molecular formula is C16H25N5O. The normalized spacial score (nSPS) is 23.5. The molecule has 1 aliphatic heterocycles. The summed E-state index contributed by atoms with van der Waals surface area (Å²) in [5.41, 5.74) is 0. The van der Waals surface area contributed by atoms with Crippen molar-refractivity contribution in [3.8, 4) is 0 Å². The van der Waals surface area contributed by atoms with E-state index in [9.17, 15) is 0 Å². The minimum absolute atomic E-state index is 0.0425. The van der Waals surface area contributed by atoms with E-state index in [0.29, 0.717) is 12.1 Å². The number of nitrogens with zero attached hydrogens (tertiary/aromatic N) is 4. The van der Waals surface area contributed by atoms with Crippen molar-refractivity contribution in [2.45, 2.75) is 50.9 Å². The molecule has 6 nitrogen and oxygen atoms in total. The molecule has 0 amide bonds. The first-order chi connectivity index (χ1) is 10.7. The molecule has 6 heteroatoms. The predicted octanol–water partition coefficient (Wildman–Crippen LogP) is 1.91. The predicted molar refractivity (Wildman–Crippen MR) is 84.4 cm³/mol. The van der Waals surface area contributed by atoms with Crippen LogP contribution in [0.15, 0.2) is 30.9 Å². The Kier molecular flexibility index (Phi) is 4.90.